The molecule has 3 atom stereocenters. The third-order valence-electron chi connectivity index (χ3n) is 5.91. The maximum Gasteiger partial charge on any atom is 0.390 e. The van der Waals surface area contributed by atoms with Crippen LogP contribution in [-0.2, 0) is 14.8 Å². The Balaban J connectivity index is 2.42. The monoisotopic (exact) mass is 509 g/mol. The molecule has 34 heavy (non-hydrogen) atoms. The van der Waals surface area contributed by atoms with Crippen LogP contribution >= 0.6 is 0 Å². The summed E-state index contributed by atoms with van der Waals surface area (Å²) in [5.74, 6) is -0.462. The van der Waals surface area contributed by atoms with Crippen LogP contribution in [0.3, 0.4) is 0 Å². The van der Waals surface area contributed by atoms with Gasteiger partial charge in [-0.1, -0.05) is 6.92 Å². The van der Waals surface area contributed by atoms with Crippen molar-refractivity contribution in [2.45, 2.75) is 45.5 Å². The second kappa shape index (κ2) is 11.6. The van der Waals surface area contributed by atoms with Crippen molar-refractivity contribution < 1.29 is 35.9 Å². The van der Waals surface area contributed by atoms with Crippen molar-refractivity contribution in [1.82, 2.24) is 9.80 Å². The van der Waals surface area contributed by atoms with Crippen molar-refractivity contribution in [3.63, 3.8) is 0 Å². The van der Waals surface area contributed by atoms with Gasteiger partial charge in [0.15, 0.2) is 0 Å². The average Bonchev–Trinajstić information content (AvgIpc) is 2.76. The minimum atomic E-state index is -4.28. The molecule has 1 aromatic rings. The topological polar surface area (TPSA) is 88.2 Å². The van der Waals surface area contributed by atoms with Crippen LogP contribution < -0.4 is 9.46 Å². The molecule has 1 aromatic carbocycles. The number of rotatable bonds is 6. The standard InChI is InChI=1S/C22H34F3N3O5S/c1-6-34(30,31)26-17-7-8-19-18(11-17)21(29)27(4)13-20(32-5)15(2)12-28(16(3)14-33-19)10-9-22(23,24)25/h7-8,11,15-16,20,26H,6,9-10,12-14H2,1-5H3/t15-,16-,20-/m0/s1. The fourth-order valence-electron chi connectivity index (χ4n) is 3.75. The van der Waals surface area contributed by atoms with Crippen molar-refractivity contribution in [2.75, 3.05) is 50.9 Å². The largest absolute Gasteiger partial charge is 0.491 e. The number of amides is 1. The molecular weight excluding hydrogens is 475 g/mol. The van der Waals surface area contributed by atoms with Crippen LogP contribution in [0.15, 0.2) is 18.2 Å². The first-order valence-corrected chi connectivity index (χ1v) is 12.8. The average molecular weight is 510 g/mol. The first-order chi connectivity index (χ1) is 15.8. The van der Waals surface area contributed by atoms with E-state index in [4.69, 9.17) is 9.47 Å². The number of anilines is 1. The van der Waals surface area contributed by atoms with E-state index in [1.807, 2.05) is 6.92 Å². The molecule has 1 aliphatic rings. The molecular formula is C22H34F3N3O5S. The third kappa shape index (κ3) is 8.02. The van der Waals surface area contributed by atoms with Crippen molar-refractivity contribution >= 4 is 21.6 Å². The van der Waals surface area contributed by atoms with Crippen LogP contribution in [0.4, 0.5) is 18.9 Å². The van der Waals surface area contributed by atoms with Gasteiger partial charge >= 0.3 is 6.18 Å². The summed E-state index contributed by atoms with van der Waals surface area (Å²) in [6, 6.07) is 4.01. The number of benzene rings is 1. The van der Waals surface area contributed by atoms with Gasteiger partial charge < -0.3 is 14.4 Å². The highest BCUT2D eigenvalue weighted by atomic mass is 32.2. The molecule has 8 nitrogen and oxygen atoms in total. The number of halogens is 3. The van der Waals surface area contributed by atoms with E-state index >= 15 is 0 Å². The molecule has 1 heterocycles. The Hall–Kier alpha value is -2.05. The second-order valence-electron chi connectivity index (χ2n) is 8.67. The summed E-state index contributed by atoms with van der Waals surface area (Å²) in [5.41, 5.74) is 0.366. The number of sulfonamides is 1. The zero-order valence-electron chi connectivity index (χ0n) is 20.2. The molecule has 1 amide bonds. The van der Waals surface area contributed by atoms with E-state index in [-0.39, 0.29) is 60.3 Å². The number of likely N-dealkylation sites (N-methyl/N-ethyl adjacent to an activating group) is 1. The molecule has 12 heteroatoms. The van der Waals surface area contributed by atoms with E-state index < -0.39 is 28.7 Å². The Kier molecular flexibility index (Phi) is 9.61. The Morgan fingerprint density at radius 2 is 1.91 bits per heavy atom. The third-order valence-corrected chi connectivity index (χ3v) is 7.22. The Bertz CT molecular complexity index is 942. The smallest absolute Gasteiger partial charge is 0.390 e. The zero-order chi connectivity index (χ0) is 25.7. The van der Waals surface area contributed by atoms with Gasteiger partial charge in [0.25, 0.3) is 5.91 Å². The SMILES string of the molecule is CCS(=O)(=O)Nc1ccc2c(c1)C(=O)N(C)C[C@H](OC)[C@@H](C)CN(CCC(F)(F)F)[C@@H](C)CO2. The summed E-state index contributed by atoms with van der Waals surface area (Å²) in [7, 11) is -0.469. The lowest BCUT2D eigenvalue weighted by molar-refractivity contribution is -0.140. The van der Waals surface area contributed by atoms with Crippen molar-refractivity contribution in [2.24, 2.45) is 5.92 Å². The molecule has 0 fully saturated rings. The van der Waals surface area contributed by atoms with E-state index in [2.05, 4.69) is 4.72 Å². The number of hydrogen-bond donors (Lipinski definition) is 1. The lowest BCUT2D eigenvalue weighted by Crippen LogP contribution is -2.47. The van der Waals surface area contributed by atoms with E-state index in [9.17, 15) is 26.4 Å². The van der Waals surface area contributed by atoms with Gasteiger partial charge in [-0.25, -0.2) is 8.42 Å². The molecule has 0 spiro atoms. The number of nitrogens with one attached hydrogen (secondary N) is 1. The molecule has 0 aliphatic carbocycles. The van der Waals surface area contributed by atoms with Gasteiger partial charge in [-0.2, -0.15) is 13.2 Å². The second-order valence-corrected chi connectivity index (χ2v) is 10.7. The van der Waals surface area contributed by atoms with Gasteiger partial charge in [-0.3, -0.25) is 14.4 Å². The first kappa shape index (κ1) is 28.2. The molecule has 1 N–H and O–H groups in total. The molecule has 0 unspecified atom stereocenters. The van der Waals surface area contributed by atoms with E-state index in [0.29, 0.717) is 6.54 Å². The highest BCUT2D eigenvalue weighted by molar-refractivity contribution is 7.92. The van der Waals surface area contributed by atoms with Gasteiger partial charge in [-0.05, 0) is 38.0 Å². The fourth-order valence-corrected chi connectivity index (χ4v) is 4.38. The number of alkyl halides is 3. The number of nitrogens with zero attached hydrogens (tertiary/aromatic N) is 2. The molecule has 1 aliphatic heterocycles. The normalized spacial score (nSPS) is 23.5. The van der Waals surface area contributed by atoms with Crippen LogP contribution in [0, 0.1) is 5.92 Å². The van der Waals surface area contributed by atoms with Gasteiger partial charge in [0.05, 0.1) is 23.8 Å². The molecule has 0 aromatic heterocycles. The summed E-state index contributed by atoms with van der Waals surface area (Å²) in [4.78, 5) is 16.4. The van der Waals surface area contributed by atoms with Crippen molar-refractivity contribution in [3.05, 3.63) is 23.8 Å². The van der Waals surface area contributed by atoms with Crippen LogP contribution in [0.5, 0.6) is 5.75 Å². The highest BCUT2D eigenvalue weighted by Gasteiger charge is 2.32. The van der Waals surface area contributed by atoms with Gasteiger partial charge in [0.2, 0.25) is 10.0 Å². The predicted molar refractivity (Wildman–Crippen MR) is 124 cm³/mol. The summed E-state index contributed by atoms with van der Waals surface area (Å²) in [6.45, 7) is 5.54. The molecule has 0 saturated heterocycles. The van der Waals surface area contributed by atoms with Crippen LogP contribution in [0.2, 0.25) is 0 Å². The molecule has 194 valence electrons. The van der Waals surface area contributed by atoms with Crippen LogP contribution in [0.1, 0.15) is 37.6 Å². The minimum absolute atomic E-state index is 0.0479. The number of fused-ring (bicyclic) bond motifs is 1. The van der Waals surface area contributed by atoms with E-state index in [1.165, 1.54) is 37.1 Å². The minimum Gasteiger partial charge on any atom is -0.491 e. The lowest BCUT2D eigenvalue weighted by atomic mass is 10.0. The lowest BCUT2D eigenvalue weighted by Gasteiger charge is -2.36. The Morgan fingerprint density at radius 1 is 1.24 bits per heavy atom. The quantitative estimate of drug-likeness (QED) is 0.634. The van der Waals surface area contributed by atoms with Crippen molar-refractivity contribution in [3.8, 4) is 5.75 Å². The maximum atomic E-state index is 13.2. The number of ether oxygens (including phenoxy) is 2. The molecule has 0 radical (unpaired) electrons. The van der Waals surface area contributed by atoms with Gasteiger partial charge in [0.1, 0.15) is 12.4 Å². The summed E-state index contributed by atoms with van der Waals surface area (Å²) in [6.07, 6.45) is -5.65. The number of methoxy groups -OCH3 is 1. The number of carbonyl (C=O) groups excluding carboxylic acids is 1. The van der Waals surface area contributed by atoms with Crippen molar-refractivity contribution in [1.29, 1.82) is 0 Å². The highest BCUT2D eigenvalue weighted by Crippen LogP contribution is 2.27. The maximum absolute atomic E-state index is 13.2. The zero-order valence-corrected chi connectivity index (χ0v) is 21.0. The van der Waals surface area contributed by atoms with Crippen LogP contribution in [0.25, 0.3) is 0 Å². The summed E-state index contributed by atoms with van der Waals surface area (Å²) >= 11 is 0. The Morgan fingerprint density at radius 3 is 2.50 bits per heavy atom. The first-order valence-electron chi connectivity index (χ1n) is 11.1. The van der Waals surface area contributed by atoms with Gasteiger partial charge in [0, 0.05) is 45.5 Å². The molecule has 0 bridgehead atoms. The van der Waals surface area contributed by atoms with E-state index in [0.717, 1.165) is 0 Å². The number of carbonyl (C=O) groups is 1. The Labute approximate surface area is 199 Å². The van der Waals surface area contributed by atoms with E-state index in [1.54, 1.807) is 18.9 Å². The molecule has 2 rings (SSSR count). The summed E-state index contributed by atoms with van der Waals surface area (Å²) in [5, 5.41) is 0. The predicted octanol–water partition coefficient (Wildman–Crippen LogP) is 3.21. The molecule has 0 saturated carbocycles. The summed E-state index contributed by atoms with van der Waals surface area (Å²) < 4.78 is 76.6. The fraction of sp³-hybridized carbons (Fsp3) is 0.682. The van der Waals surface area contributed by atoms with Crippen LogP contribution in [-0.4, -0.2) is 88.6 Å². The number of hydrogen-bond acceptors (Lipinski definition) is 6. The van der Waals surface area contributed by atoms with Gasteiger partial charge in [-0.15, -0.1) is 0 Å².